The van der Waals surface area contributed by atoms with Crippen LogP contribution in [0, 0.1) is 12.8 Å². The summed E-state index contributed by atoms with van der Waals surface area (Å²) in [6.07, 6.45) is 5.60. The average Bonchev–Trinajstić information content (AvgIpc) is 3.06. The Kier molecular flexibility index (Phi) is 5.73. The predicted molar refractivity (Wildman–Crippen MR) is 97.9 cm³/mol. The predicted octanol–water partition coefficient (Wildman–Crippen LogP) is 1.41. The molecule has 1 aliphatic rings. The maximum Gasteiger partial charge on any atom is 0.241 e. The number of nitrogens with one attached hydrogen (secondary N) is 1. The van der Waals surface area contributed by atoms with Gasteiger partial charge in [-0.1, -0.05) is 18.2 Å². The Bertz CT molecular complexity index is 840. The molecule has 0 saturated carbocycles. The SMILES string of the molecule is Cc1nccn1CC1CCN(C(=O)CNS(=O)(=O)c2ccccc2)CC1. The van der Waals surface area contributed by atoms with E-state index < -0.39 is 10.0 Å². The van der Waals surface area contributed by atoms with Gasteiger partial charge in [-0.3, -0.25) is 4.79 Å². The monoisotopic (exact) mass is 376 g/mol. The number of hydrogen-bond acceptors (Lipinski definition) is 4. The van der Waals surface area contributed by atoms with Crippen LogP contribution in [-0.4, -0.2) is 48.4 Å². The van der Waals surface area contributed by atoms with Gasteiger partial charge in [0.05, 0.1) is 11.4 Å². The van der Waals surface area contributed by atoms with Crippen LogP contribution in [0.15, 0.2) is 47.6 Å². The van der Waals surface area contributed by atoms with E-state index in [-0.39, 0.29) is 17.3 Å². The molecule has 26 heavy (non-hydrogen) atoms. The first kappa shape index (κ1) is 18.6. The summed E-state index contributed by atoms with van der Waals surface area (Å²) >= 11 is 0. The Balaban J connectivity index is 1.47. The van der Waals surface area contributed by atoms with E-state index in [4.69, 9.17) is 0 Å². The van der Waals surface area contributed by atoms with Crippen molar-refractivity contribution in [1.82, 2.24) is 19.2 Å². The number of piperidine rings is 1. The Morgan fingerprint density at radius 2 is 1.92 bits per heavy atom. The van der Waals surface area contributed by atoms with Crippen LogP contribution >= 0.6 is 0 Å². The zero-order valence-electron chi connectivity index (χ0n) is 14.8. The molecular formula is C18H24N4O3S. The number of sulfonamides is 1. The number of rotatable bonds is 6. The van der Waals surface area contributed by atoms with E-state index >= 15 is 0 Å². The molecule has 0 radical (unpaired) electrons. The summed E-state index contributed by atoms with van der Waals surface area (Å²) in [4.78, 5) is 18.5. The summed E-state index contributed by atoms with van der Waals surface area (Å²) in [7, 11) is -3.65. The van der Waals surface area contributed by atoms with Crippen LogP contribution < -0.4 is 4.72 Å². The van der Waals surface area contributed by atoms with Crippen LogP contribution in [0.1, 0.15) is 18.7 Å². The first-order valence-corrected chi connectivity index (χ1v) is 10.2. The molecule has 7 nitrogen and oxygen atoms in total. The standard InChI is InChI=1S/C18H24N4O3S/c1-15-19-9-12-22(15)14-16-7-10-21(11-8-16)18(23)13-20-26(24,25)17-5-3-2-4-6-17/h2-6,9,12,16,20H,7-8,10-11,13-14H2,1H3. The number of aryl methyl sites for hydroxylation is 1. The lowest BCUT2D eigenvalue weighted by molar-refractivity contribution is -0.131. The topological polar surface area (TPSA) is 84.3 Å². The number of imidazole rings is 1. The van der Waals surface area contributed by atoms with Crippen molar-refractivity contribution in [2.45, 2.75) is 31.2 Å². The zero-order valence-corrected chi connectivity index (χ0v) is 15.7. The van der Waals surface area contributed by atoms with Crippen molar-refractivity contribution in [1.29, 1.82) is 0 Å². The molecule has 140 valence electrons. The Labute approximate surface area is 154 Å². The molecule has 0 bridgehead atoms. The summed E-state index contributed by atoms with van der Waals surface area (Å²) in [5, 5.41) is 0. The fourth-order valence-electron chi connectivity index (χ4n) is 3.19. The summed E-state index contributed by atoms with van der Waals surface area (Å²) in [5.74, 6) is 1.33. The summed E-state index contributed by atoms with van der Waals surface area (Å²) in [6.45, 7) is 4.00. The zero-order chi connectivity index (χ0) is 18.6. The molecule has 2 heterocycles. The van der Waals surface area contributed by atoms with Crippen molar-refractivity contribution in [2.24, 2.45) is 5.92 Å². The van der Waals surface area contributed by atoms with Gasteiger partial charge < -0.3 is 9.47 Å². The molecule has 1 N–H and O–H groups in total. The van der Waals surface area contributed by atoms with Crippen molar-refractivity contribution >= 4 is 15.9 Å². The normalized spacial score (nSPS) is 16.0. The molecule has 3 rings (SSSR count). The molecule has 0 unspecified atom stereocenters. The summed E-state index contributed by atoms with van der Waals surface area (Å²) < 4.78 is 28.9. The number of carbonyl (C=O) groups excluding carboxylic acids is 1. The van der Waals surface area contributed by atoms with E-state index in [9.17, 15) is 13.2 Å². The molecular weight excluding hydrogens is 352 g/mol. The van der Waals surface area contributed by atoms with Gasteiger partial charge in [0.1, 0.15) is 5.82 Å². The number of aromatic nitrogens is 2. The second kappa shape index (κ2) is 8.01. The maximum atomic E-state index is 12.3. The first-order valence-electron chi connectivity index (χ1n) is 8.76. The van der Waals surface area contributed by atoms with Crippen molar-refractivity contribution in [3.8, 4) is 0 Å². The van der Waals surface area contributed by atoms with Crippen molar-refractivity contribution in [3.63, 3.8) is 0 Å². The molecule has 1 saturated heterocycles. The number of likely N-dealkylation sites (tertiary alicyclic amines) is 1. The lowest BCUT2D eigenvalue weighted by atomic mass is 9.96. The van der Waals surface area contributed by atoms with Gasteiger partial charge in [0.15, 0.2) is 0 Å². The lowest BCUT2D eigenvalue weighted by Gasteiger charge is -2.32. The van der Waals surface area contributed by atoms with E-state index in [0.29, 0.717) is 19.0 Å². The first-order chi connectivity index (χ1) is 12.5. The molecule has 0 atom stereocenters. The minimum Gasteiger partial charge on any atom is -0.342 e. The minimum atomic E-state index is -3.65. The lowest BCUT2D eigenvalue weighted by Crippen LogP contribution is -2.44. The fourth-order valence-corrected chi connectivity index (χ4v) is 4.19. The van der Waals surface area contributed by atoms with Gasteiger partial charge in [-0.25, -0.2) is 18.1 Å². The number of nitrogens with zero attached hydrogens (tertiary/aromatic N) is 3. The van der Waals surface area contributed by atoms with Crippen molar-refractivity contribution in [3.05, 3.63) is 48.5 Å². The molecule has 1 amide bonds. The van der Waals surface area contributed by atoms with Gasteiger partial charge >= 0.3 is 0 Å². The minimum absolute atomic E-state index is 0.169. The van der Waals surface area contributed by atoms with E-state index in [0.717, 1.165) is 25.2 Å². The van der Waals surface area contributed by atoms with E-state index in [1.54, 1.807) is 29.3 Å². The van der Waals surface area contributed by atoms with Crippen LogP contribution in [0.3, 0.4) is 0 Å². The van der Waals surface area contributed by atoms with E-state index in [2.05, 4.69) is 14.3 Å². The molecule has 1 aliphatic heterocycles. The quantitative estimate of drug-likeness (QED) is 0.826. The van der Waals surface area contributed by atoms with Crippen LogP contribution in [0.4, 0.5) is 0 Å². The molecule has 0 spiro atoms. The molecule has 1 aromatic heterocycles. The number of carbonyl (C=O) groups is 1. The van der Waals surface area contributed by atoms with Gasteiger partial charge in [0.25, 0.3) is 0 Å². The van der Waals surface area contributed by atoms with Crippen LogP contribution in [0.5, 0.6) is 0 Å². The number of amides is 1. The van der Waals surface area contributed by atoms with Crippen LogP contribution in [0.2, 0.25) is 0 Å². The third-order valence-electron chi connectivity index (χ3n) is 4.81. The molecule has 0 aliphatic carbocycles. The highest BCUT2D eigenvalue weighted by Gasteiger charge is 2.24. The average molecular weight is 376 g/mol. The Morgan fingerprint density at radius 1 is 1.23 bits per heavy atom. The highest BCUT2D eigenvalue weighted by molar-refractivity contribution is 7.89. The maximum absolute atomic E-state index is 12.3. The smallest absolute Gasteiger partial charge is 0.241 e. The van der Waals surface area contributed by atoms with Gasteiger partial charge in [0.2, 0.25) is 15.9 Å². The summed E-state index contributed by atoms with van der Waals surface area (Å²) in [6, 6.07) is 8.08. The highest BCUT2D eigenvalue weighted by atomic mass is 32.2. The summed E-state index contributed by atoms with van der Waals surface area (Å²) in [5.41, 5.74) is 0. The molecule has 2 aromatic rings. The van der Waals surface area contributed by atoms with Crippen LogP contribution in [0.25, 0.3) is 0 Å². The number of benzene rings is 1. The second-order valence-electron chi connectivity index (χ2n) is 6.59. The highest BCUT2D eigenvalue weighted by Crippen LogP contribution is 2.19. The Morgan fingerprint density at radius 3 is 2.54 bits per heavy atom. The van der Waals surface area contributed by atoms with Gasteiger partial charge in [-0.2, -0.15) is 0 Å². The van der Waals surface area contributed by atoms with Crippen molar-refractivity contribution < 1.29 is 13.2 Å². The van der Waals surface area contributed by atoms with Crippen LogP contribution in [-0.2, 0) is 21.4 Å². The fraction of sp³-hybridized carbons (Fsp3) is 0.444. The molecule has 1 fully saturated rings. The second-order valence-corrected chi connectivity index (χ2v) is 8.36. The van der Waals surface area contributed by atoms with Gasteiger partial charge in [0, 0.05) is 32.0 Å². The molecule has 1 aromatic carbocycles. The third-order valence-corrected chi connectivity index (χ3v) is 6.23. The van der Waals surface area contributed by atoms with Gasteiger partial charge in [-0.05, 0) is 37.8 Å². The third kappa shape index (κ3) is 4.50. The van der Waals surface area contributed by atoms with Crippen molar-refractivity contribution in [2.75, 3.05) is 19.6 Å². The Hall–Kier alpha value is -2.19. The largest absolute Gasteiger partial charge is 0.342 e. The number of hydrogen-bond donors (Lipinski definition) is 1. The van der Waals surface area contributed by atoms with E-state index in [1.807, 2.05) is 13.1 Å². The molecule has 8 heteroatoms. The van der Waals surface area contributed by atoms with E-state index in [1.165, 1.54) is 12.1 Å². The van der Waals surface area contributed by atoms with Gasteiger partial charge in [-0.15, -0.1) is 0 Å².